The van der Waals surface area contributed by atoms with Crippen LogP contribution in [0, 0.1) is 0 Å². The zero-order chi connectivity index (χ0) is 26.9. The van der Waals surface area contributed by atoms with Crippen LogP contribution in [0.25, 0.3) is 24.4 Å². The van der Waals surface area contributed by atoms with E-state index in [1.54, 1.807) is 27.2 Å². The first-order chi connectivity index (χ1) is 16.4. The van der Waals surface area contributed by atoms with Gasteiger partial charge in [-0.15, -0.1) is 34.0 Å². The molecule has 4 rings (SSSR count). The molecule has 0 saturated heterocycles. The lowest BCUT2D eigenvalue weighted by molar-refractivity contribution is 0.612. The van der Waals surface area contributed by atoms with Crippen molar-refractivity contribution in [3.05, 3.63) is 58.0 Å². The zero-order valence-corrected chi connectivity index (χ0v) is 28.3. The molecule has 0 spiro atoms. The highest BCUT2D eigenvalue weighted by Crippen LogP contribution is 2.49. The van der Waals surface area contributed by atoms with Crippen LogP contribution >= 0.6 is 34.0 Å². The normalized spacial score (nSPS) is 16.8. The van der Waals surface area contributed by atoms with Gasteiger partial charge in [-0.2, -0.15) is 0 Å². The number of sulfone groups is 1. The molecule has 0 saturated carbocycles. The van der Waals surface area contributed by atoms with E-state index in [2.05, 4.69) is 98.1 Å². The third-order valence-electron chi connectivity index (χ3n) is 8.49. The molecule has 0 aromatic carbocycles. The van der Waals surface area contributed by atoms with Crippen molar-refractivity contribution in [2.75, 3.05) is 0 Å². The van der Waals surface area contributed by atoms with Crippen LogP contribution < -0.4 is 4.50 Å². The smallest absolute Gasteiger partial charge is 0.200 e. The average Bonchev–Trinajstić information content (AvgIpc) is 3.50. The monoisotopic (exact) mass is 590 g/mol. The molecule has 36 heavy (non-hydrogen) atoms. The number of allylic oxidation sites excluding steroid dienone is 2. The van der Waals surface area contributed by atoms with Crippen LogP contribution in [0.3, 0.4) is 0 Å². The van der Waals surface area contributed by atoms with Crippen molar-refractivity contribution in [3.8, 4) is 19.5 Å². The van der Waals surface area contributed by atoms with Crippen LogP contribution in [-0.2, 0) is 9.84 Å². The summed E-state index contributed by atoms with van der Waals surface area (Å²) in [7, 11) is -7.16. The molecule has 0 unspecified atom stereocenters. The highest BCUT2D eigenvalue weighted by molar-refractivity contribution is 8.06. The van der Waals surface area contributed by atoms with E-state index in [0.29, 0.717) is 14.5 Å². The number of hydrogen-bond donors (Lipinski definition) is 0. The summed E-state index contributed by atoms with van der Waals surface area (Å²) in [5.74, 6) is 0. The predicted molar refractivity (Wildman–Crippen MR) is 170 cm³/mol. The Hall–Kier alpha value is -1.04. The van der Waals surface area contributed by atoms with Gasteiger partial charge < -0.3 is 0 Å². The Kier molecular flexibility index (Phi) is 7.01. The van der Waals surface area contributed by atoms with Gasteiger partial charge in [0.15, 0.2) is 9.84 Å². The maximum atomic E-state index is 13.6. The quantitative estimate of drug-likeness (QED) is 0.277. The second-order valence-electron chi connectivity index (χ2n) is 12.8. The van der Waals surface area contributed by atoms with Gasteiger partial charge in [0, 0.05) is 28.9 Å². The molecule has 0 amide bonds. The van der Waals surface area contributed by atoms with E-state index < -0.39 is 26.0 Å². The van der Waals surface area contributed by atoms with Gasteiger partial charge in [0.05, 0.1) is 13.0 Å². The number of thiophene rings is 3. The second-order valence-corrected chi connectivity index (χ2v) is 29.2. The Bertz CT molecular complexity index is 1460. The van der Waals surface area contributed by atoms with Gasteiger partial charge in [0.2, 0.25) is 0 Å². The lowest BCUT2D eigenvalue weighted by Crippen LogP contribution is -2.47. The van der Waals surface area contributed by atoms with Crippen molar-refractivity contribution in [1.82, 2.24) is 0 Å². The summed E-state index contributed by atoms with van der Waals surface area (Å²) in [4.78, 5) is 6.22. The summed E-state index contributed by atoms with van der Waals surface area (Å²) in [5.41, 5.74) is 0. The molecule has 1 aliphatic heterocycles. The molecule has 2 nitrogen and oxygen atoms in total. The Balaban J connectivity index is 1.59. The molecule has 0 N–H and O–H groups in total. The van der Waals surface area contributed by atoms with E-state index >= 15 is 0 Å². The van der Waals surface area contributed by atoms with Gasteiger partial charge in [-0.05, 0) is 51.0 Å². The molecule has 3 aromatic heterocycles. The Morgan fingerprint density at radius 1 is 0.583 bits per heavy atom. The minimum absolute atomic E-state index is 0.0323. The third-order valence-corrected chi connectivity index (χ3v) is 28.2. The number of hydrogen-bond acceptors (Lipinski definition) is 5. The van der Waals surface area contributed by atoms with E-state index in [0.717, 1.165) is 9.75 Å². The topological polar surface area (TPSA) is 34.1 Å². The van der Waals surface area contributed by atoms with Crippen molar-refractivity contribution in [2.45, 2.75) is 77.8 Å². The molecule has 3 aromatic rings. The number of rotatable bonds is 5. The first kappa shape index (κ1) is 28.0. The first-order valence-electron chi connectivity index (χ1n) is 12.4. The van der Waals surface area contributed by atoms with Gasteiger partial charge in [0.1, 0.15) is 8.07 Å². The molecule has 8 heteroatoms. The maximum absolute atomic E-state index is 13.6. The van der Waals surface area contributed by atoms with Gasteiger partial charge >= 0.3 is 0 Å². The summed E-state index contributed by atoms with van der Waals surface area (Å²) in [6, 6.07) is 13.1. The van der Waals surface area contributed by atoms with E-state index in [9.17, 15) is 8.42 Å². The standard InChI is InChI=1S/C28H38O2S4Si2/c1-27(2,3)35(7,8)25-17-15-22(33-25)21-12-11-19(31-21)20-13-14-23(32-20)24-16-18-26(34(24,29)30)36(9,10)28(4,5)6/h11-18H,1-10H3. The van der Waals surface area contributed by atoms with Crippen molar-refractivity contribution in [3.63, 3.8) is 0 Å². The van der Waals surface area contributed by atoms with Gasteiger partial charge in [-0.1, -0.05) is 79.9 Å². The lowest BCUT2D eigenvalue weighted by Gasteiger charge is -2.37. The van der Waals surface area contributed by atoms with Crippen molar-refractivity contribution in [2.24, 2.45) is 0 Å². The molecule has 194 valence electrons. The Morgan fingerprint density at radius 2 is 1.00 bits per heavy atom. The minimum Gasteiger partial charge on any atom is -0.219 e. The fourth-order valence-electron chi connectivity index (χ4n) is 3.96. The predicted octanol–water partition coefficient (Wildman–Crippen LogP) is 9.62. The summed E-state index contributed by atoms with van der Waals surface area (Å²) in [5, 5.41) is 0.285. The fourth-order valence-corrected chi connectivity index (χ4v) is 17.0. The lowest BCUT2D eigenvalue weighted by atomic mass is 10.2. The molecular formula is C28H38O2S4Si2. The summed E-state index contributed by atoms with van der Waals surface area (Å²) >= 11 is 5.32. The van der Waals surface area contributed by atoms with Crippen LogP contribution in [0.1, 0.15) is 46.4 Å². The maximum Gasteiger partial charge on any atom is 0.200 e. The molecule has 0 radical (unpaired) electrons. The molecule has 4 heterocycles. The molecule has 0 atom stereocenters. The summed E-state index contributed by atoms with van der Waals surface area (Å²) in [6.45, 7) is 22.8. The molecular weight excluding hydrogens is 553 g/mol. The summed E-state index contributed by atoms with van der Waals surface area (Å²) in [6.07, 6.45) is 3.70. The molecule has 0 bridgehead atoms. The van der Waals surface area contributed by atoms with E-state index in [4.69, 9.17) is 0 Å². The second kappa shape index (κ2) is 9.02. The average molecular weight is 591 g/mol. The fraction of sp³-hybridized carbons (Fsp3) is 0.429. The third kappa shape index (κ3) is 4.67. The molecule has 1 aliphatic rings. The van der Waals surface area contributed by atoms with Crippen LogP contribution in [0.2, 0.25) is 36.3 Å². The molecule has 0 aliphatic carbocycles. The van der Waals surface area contributed by atoms with E-state index in [1.165, 1.54) is 14.6 Å². The van der Waals surface area contributed by atoms with E-state index in [-0.39, 0.29) is 5.04 Å². The first-order valence-corrected chi connectivity index (χ1v) is 22.3. The highest BCUT2D eigenvalue weighted by Gasteiger charge is 2.47. The SMILES string of the molecule is CC(C)(C)[Si](C)(C)C1=CC=C(c2ccc(-c3ccc(-c4ccc([Si](C)(C)C(C)(C)C)s4)s3)s2)S1(=O)=O. The van der Waals surface area contributed by atoms with Gasteiger partial charge in [0.25, 0.3) is 0 Å². The minimum atomic E-state index is -3.45. The highest BCUT2D eigenvalue weighted by atomic mass is 32.2. The van der Waals surface area contributed by atoms with E-state index in [1.807, 2.05) is 29.6 Å². The summed E-state index contributed by atoms with van der Waals surface area (Å²) < 4.78 is 29.4. The van der Waals surface area contributed by atoms with Crippen molar-refractivity contribution < 1.29 is 8.42 Å². The Labute approximate surface area is 231 Å². The zero-order valence-electron chi connectivity index (χ0n) is 23.1. The van der Waals surface area contributed by atoms with Crippen LogP contribution in [0.4, 0.5) is 0 Å². The van der Waals surface area contributed by atoms with Crippen LogP contribution in [0.15, 0.2) is 53.1 Å². The van der Waals surface area contributed by atoms with Gasteiger partial charge in [-0.25, -0.2) is 8.42 Å². The molecule has 0 fully saturated rings. The van der Waals surface area contributed by atoms with Crippen molar-refractivity contribution in [1.29, 1.82) is 0 Å². The van der Waals surface area contributed by atoms with Crippen LogP contribution in [0.5, 0.6) is 0 Å². The Morgan fingerprint density at radius 3 is 1.50 bits per heavy atom. The van der Waals surface area contributed by atoms with Gasteiger partial charge in [-0.3, -0.25) is 0 Å². The van der Waals surface area contributed by atoms with Crippen LogP contribution in [-0.4, -0.2) is 24.6 Å². The van der Waals surface area contributed by atoms with Crippen molar-refractivity contribution >= 4 is 69.4 Å². The largest absolute Gasteiger partial charge is 0.219 e.